The van der Waals surface area contributed by atoms with Gasteiger partial charge in [-0.2, -0.15) is 12.6 Å². The minimum Gasteiger partial charge on any atom is -0.353 e. The molecule has 0 rings (SSSR count). The summed E-state index contributed by atoms with van der Waals surface area (Å²) >= 11 is 0. The molecule has 0 saturated carbocycles. The van der Waals surface area contributed by atoms with Gasteiger partial charge in [-0.05, 0) is 0 Å². The third-order valence-electron chi connectivity index (χ3n) is 0.756. The predicted octanol–water partition coefficient (Wildman–Crippen LogP) is -1.18. The molecule has 0 amide bonds. The molecular formula is C3H9NO5S. The van der Waals surface area contributed by atoms with Crippen LogP contribution in [0.25, 0.3) is 0 Å². The van der Waals surface area contributed by atoms with Crippen molar-refractivity contribution in [2.75, 3.05) is 0 Å². The van der Waals surface area contributed by atoms with Gasteiger partial charge in [-0.3, -0.25) is 10.3 Å². The number of nitrogens with two attached hydrogens (primary N) is 1. The average Bonchev–Trinajstić information content (AvgIpc) is 1.60. The van der Waals surface area contributed by atoms with Crippen molar-refractivity contribution >= 4 is 10.4 Å². The smallest absolute Gasteiger partial charge is 0.353 e. The summed E-state index contributed by atoms with van der Waals surface area (Å²) in [7, 11) is -4.67. The second kappa shape index (κ2) is 2.81. The molecule has 4 N–H and O–H groups in total. The molecule has 10 heavy (non-hydrogen) atoms. The molecule has 7 heteroatoms. The number of hydrogen-bond acceptors (Lipinski definition) is 5. The van der Waals surface area contributed by atoms with E-state index in [0.717, 1.165) is 0 Å². The van der Waals surface area contributed by atoms with Gasteiger partial charge in [-0.1, -0.05) is 6.92 Å². The van der Waals surface area contributed by atoms with Gasteiger partial charge in [0, 0.05) is 6.42 Å². The lowest BCUT2D eigenvalue weighted by Crippen LogP contribution is -2.43. The van der Waals surface area contributed by atoms with Crippen LogP contribution in [0.1, 0.15) is 13.3 Å². The van der Waals surface area contributed by atoms with E-state index in [-0.39, 0.29) is 6.42 Å². The Morgan fingerprint density at radius 1 is 1.70 bits per heavy atom. The molecular weight excluding hydrogens is 162 g/mol. The first kappa shape index (κ1) is 9.79. The highest BCUT2D eigenvalue weighted by Crippen LogP contribution is 2.05. The summed E-state index contributed by atoms with van der Waals surface area (Å²) in [4.78, 5) is 0. The van der Waals surface area contributed by atoms with Gasteiger partial charge in [0.2, 0.25) is 5.91 Å². The predicted molar refractivity (Wildman–Crippen MR) is 32.1 cm³/mol. The van der Waals surface area contributed by atoms with Crippen LogP contribution >= 0.6 is 0 Å². The van der Waals surface area contributed by atoms with E-state index in [2.05, 4.69) is 4.18 Å². The topological polar surface area (TPSA) is 110 Å². The summed E-state index contributed by atoms with van der Waals surface area (Å²) in [5.41, 5.74) is 4.80. The van der Waals surface area contributed by atoms with Crippen LogP contribution in [0.2, 0.25) is 0 Å². The van der Waals surface area contributed by atoms with Gasteiger partial charge in [0.25, 0.3) is 0 Å². The van der Waals surface area contributed by atoms with E-state index < -0.39 is 16.3 Å². The minimum atomic E-state index is -4.67. The summed E-state index contributed by atoms with van der Waals surface area (Å²) in [6.45, 7) is 1.39. The zero-order valence-corrected chi connectivity index (χ0v) is 6.13. The molecule has 0 saturated heterocycles. The Balaban J connectivity index is 4.16. The van der Waals surface area contributed by atoms with E-state index >= 15 is 0 Å². The highest BCUT2D eigenvalue weighted by atomic mass is 32.3. The summed E-state index contributed by atoms with van der Waals surface area (Å²) in [6.07, 6.45) is -0.146. The maximum Gasteiger partial charge on any atom is 0.401 e. The molecule has 6 nitrogen and oxygen atoms in total. The average molecular weight is 171 g/mol. The van der Waals surface area contributed by atoms with Crippen LogP contribution in [-0.2, 0) is 14.6 Å². The van der Waals surface area contributed by atoms with Crippen LogP contribution in [0.3, 0.4) is 0 Å². The third kappa shape index (κ3) is 4.65. The van der Waals surface area contributed by atoms with E-state index in [0.29, 0.717) is 0 Å². The van der Waals surface area contributed by atoms with Crippen LogP contribution in [0.15, 0.2) is 0 Å². The van der Waals surface area contributed by atoms with E-state index in [4.69, 9.17) is 15.4 Å². The summed E-state index contributed by atoms with van der Waals surface area (Å²) < 4.78 is 31.4. The molecule has 0 aliphatic carbocycles. The maximum absolute atomic E-state index is 9.90. The molecule has 0 heterocycles. The normalized spacial score (nSPS) is 18.4. The molecule has 0 radical (unpaired) electrons. The van der Waals surface area contributed by atoms with Crippen molar-refractivity contribution in [1.29, 1.82) is 0 Å². The zero-order chi connectivity index (χ0) is 8.41. The Morgan fingerprint density at radius 3 is 2.20 bits per heavy atom. The Kier molecular flexibility index (Phi) is 2.75. The van der Waals surface area contributed by atoms with Gasteiger partial charge in [-0.15, -0.1) is 0 Å². The van der Waals surface area contributed by atoms with Crippen molar-refractivity contribution in [2.45, 2.75) is 19.3 Å². The summed E-state index contributed by atoms with van der Waals surface area (Å²) in [5.74, 6) is -2.31. The van der Waals surface area contributed by atoms with Crippen LogP contribution < -0.4 is 5.73 Å². The first-order valence-corrected chi connectivity index (χ1v) is 3.82. The fraction of sp³-hybridized carbons (Fsp3) is 1.00. The highest BCUT2D eigenvalue weighted by molar-refractivity contribution is 7.80. The molecule has 0 aromatic rings. The zero-order valence-electron chi connectivity index (χ0n) is 5.31. The molecule has 0 aromatic heterocycles. The first-order chi connectivity index (χ1) is 4.27. The molecule has 0 aliphatic rings. The fourth-order valence-corrected chi connectivity index (χ4v) is 0.724. The Morgan fingerprint density at radius 2 is 2.10 bits per heavy atom. The van der Waals surface area contributed by atoms with Crippen LogP contribution in [0.5, 0.6) is 0 Å². The van der Waals surface area contributed by atoms with Gasteiger partial charge in [0.05, 0.1) is 0 Å². The quantitative estimate of drug-likeness (QED) is 0.364. The van der Waals surface area contributed by atoms with E-state index in [9.17, 15) is 8.42 Å². The van der Waals surface area contributed by atoms with Crippen molar-refractivity contribution < 1.29 is 22.3 Å². The standard InChI is InChI=1S/C3H9NO5S/c1-2-3(4,5)9-10(6,7)8/h5H,2,4H2,1H3,(H,6,7,8). The first-order valence-electron chi connectivity index (χ1n) is 2.46. The molecule has 0 bridgehead atoms. The van der Waals surface area contributed by atoms with Gasteiger partial charge in [-0.25, -0.2) is 0 Å². The van der Waals surface area contributed by atoms with Crippen LogP contribution in [-0.4, -0.2) is 24.0 Å². The second-order valence-corrected chi connectivity index (χ2v) is 2.73. The summed E-state index contributed by atoms with van der Waals surface area (Å²) in [6, 6.07) is 0. The molecule has 0 aromatic carbocycles. The lowest BCUT2D eigenvalue weighted by atomic mass is 10.4. The molecule has 0 spiro atoms. The second-order valence-electron chi connectivity index (χ2n) is 1.71. The lowest BCUT2D eigenvalue weighted by Gasteiger charge is -2.17. The van der Waals surface area contributed by atoms with Crippen molar-refractivity contribution in [1.82, 2.24) is 0 Å². The van der Waals surface area contributed by atoms with Crippen LogP contribution in [0.4, 0.5) is 0 Å². The number of hydrogen-bond donors (Lipinski definition) is 3. The van der Waals surface area contributed by atoms with Crippen molar-refractivity contribution in [3.63, 3.8) is 0 Å². The Bertz CT molecular complexity index is 195. The molecule has 62 valence electrons. The van der Waals surface area contributed by atoms with Crippen molar-refractivity contribution in [3.05, 3.63) is 0 Å². The monoisotopic (exact) mass is 171 g/mol. The van der Waals surface area contributed by atoms with Gasteiger partial charge < -0.3 is 5.11 Å². The third-order valence-corrected chi connectivity index (χ3v) is 1.26. The fourth-order valence-electron chi connectivity index (χ4n) is 0.241. The molecule has 1 atom stereocenters. The summed E-state index contributed by atoms with van der Waals surface area (Å²) in [5, 5.41) is 8.68. The lowest BCUT2D eigenvalue weighted by molar-refractivity contribution is -0.134. The van der Waals surface area contributed by atoms with Crippen molar-refractivity contribution in [2.24, 2.45) is 5.73 Å². The largest absolute Gasteiger partial charge is 0.401 e. The van der Waals surface area contributed by atoms with Gasteiger partial charge >= 0.3 is 10.4 Å². The maximum atomic E-state index is 9.90. The van der Waals surface area contributed by atoms with E-state index in [1.54, 1.807) is 0 Å². The Labute approximate surface area is 58.6 Å². The number of rotatable bonds is 3. The van der Waals surface area contributed by atoms with E-state index in [1.165, 1.54) is 6.92 Å². The SMILES string of the molecule is CCC(N)(O)OS(=O)(=O)O. The highest BCUT2D eigenvalue weighted by Gasteiger charge is 2.25. The number of aliphatic hydroxyl groups is 1. The van der Waals surface area contributed by atoms with Gasteiger partial charge in [0.15, 0.2) is 0 Å². The molecule has 0 aliphatic heterocycles. The van der Waals surface area contributed by atoms with E-state index in [1.807, 2.05) is 0 Å². The molecule has 0 fully saturated rings. The van der Waals surface area contributed by atoms with Gasteiger partial charge in [0.1, 0.15) is 0 Å². The molecule has 1 unspecified atom stereocenters. The minimum absolute atomic E-state index is 0.146. The van der Waals surface area contributed by atoms with Crippen molar-refractivity contribution in [3.8, 4) is 0 Å². The Hall–Kier alpha value is -0.210. The van der Waals surface area contributed by atoms with Crippen LogP contribution in [0, 0.1) is 0 Å².